The van der Waals surface area contributed by atoms with Crippen LogP contribution in [0.4, 0.5) is 0 Å². The maximum absolute atomic E-state index is 11.4. The lowest BCUT2D eigenvalue weighted by atomic mass is 10.1. The summed E-state index contributed by atoms with van der Waals surface area (Å²) in [6, 6.07) is 4.68. The van der Waals surface area contributed by atoms with Gasteiger partial charge in [0.25, 0.3) is 0 Å². The zero-order valence-corrected chi connectivity index (χ0v) is 15.0. The summed E-state index contributed by atoms with van der Waals surface area (Å²) in [5, 5.41) is 6.12. The van der Waals surface area contributed by atoms with Crippen molar-refractivity contribution in [2.75, 3.05) is 0 Å². The Balaban J connectivity index is 1.95. The number of primary sulfonamides is 1. The normalized spacial score (nSPS) is 11.6. The van der Waals surface area contributed by atoms with E-state index in [2.05, 4.69) is 15.0 Å². The predicted molar refractivity (Wildman–Crippen MR) is 93.5 cm³/mol. The van der Waals surface area contributed by atoms with Crippen molar-refractivity contribution in [2.45, 2.75) is 18.2 Å². The third kappa shape index (κ3) is 3.62. The second-order valence-electron chi connectivity index (χ2n) is 5.09. The lowest BCUT2D eigenvalue weighted by molar-refractivity contribution is 0.598. The molecule has 0 aliphatic heterocycles. The van der Waals surface area contributed by atoms with Crippen LogP contribution in [0.3, 0.4) is 0 Å². The summed E-state index contributed by atoms with van der Waals surface area (Å²) in [4.78, 5) is 13.7. The van der Waals surface area contributed by atoms with Gasteiger partial charge in [-0.15, -0.1) is 11.3 Å². The largest absolute Gasteiger partial charge is 0.261 e. The van der Waals surface area contributed by atoms with Gasteiger partial charge in [0.05, 0.1) is 26.3 Å². The van der Waals surface area contributed by atoms with E-state index >= 15 is 0 Å². The van der Waals surface area contributed by atoms with E-state index < -0.39 is 10.0 Å². The topological polar surface area (TPSA) is 98.8 Å². The fourth-order valence-corrected chi connectivity index (χ4v) is 4.41. The van der Waals surface area contributed by atoms with Crippen LogP contribution in [0, 0.1) is 6.92 Å². The van der Waals surface area contributed by atoms with Gasteiger partial charge in [0.2, 0.25) is 10.0 Å². The van der Waals surface area contributed by atoms with Gasteiger partial charge in [-0.25, -0.2) is 18.5 Å². The molecule has 0 aliphatic rings. The van der Waals surface area contributed by atoms with Crippen LogP contribution in [0.1, 0.15) is 16.4 Å². The summed E-state index contributed by atoms with van der Waals surface area (Å²) in [6.45, 7) is 1.90. The van der Waals surface area contributed by atoms with Gasteiger partial charge < -0.3 is 0 Å². The number of rotatable bonds is 4. The molecule has 2 heterocycles. The first-order valence-corrected chi connectivity index (χ1v) is 9.62. The van der Waals surface area contributed by atoms with Crippen LogP contribution in [0.15, 0.2) is 41.7 Å². The number of benzene rings is 1. The van der Waals surface area contributed by atoms with Gasteiger partial charge in [-0.2, -0.15) is 0 Å². The van der Waals surface area contributed by atoms with Crippen LogP contribution in [0.25, 0.3) is 10.4 Å². The summed E-state index contributed by atoms with van der Waals surface area (Å²) >= 11 is 7.57. The van der Waals surface area contributed by atoms with Gasteiger partial charge in [-0.3, -0.25) is 9.97 Å². The van der Waals surface area contributed by atoms with Crippen LogP contribution in [-0.4, -0.2) is 23.4 Å². The molecule has 24 heavy (non-hydrogen) atoms. The molecule has 124 valence electrons. The highest BCUT2D eigenvalue weighted by atomic mass is 35.5. The number of thiazole rings is 1. The van der Waals surface area contributed by atoms with Gasteiger partial charge in [0, 0.05) is 25.0 Å². The number of nitrogens with two attached hydrogens (primary N) is 1. The van der Waals surface area contributed by atoms with Crippen LogP contribution < -0.4 is 5.14 Å². The lowest BCUT2D eigenvalue weighted by Crippen LogP contribution is -2.12. The Morgan fingerprint density at radius 1 is 1.29 bits per heavy atom. The Bertz CT molecular complexity index is 988. The molecule has 0 amide bonds. The van der Waals surface area contributed by atoms with E-state index in [0.717, 1.165) is 26.8 Å². The molecule has 6 nitrogen and oxygen atoms in total. The molecule has 0 saturated heterocycles. The summed E-state index contributed by atoms with van der Waals surface area (Å²) < 4.78 is 22.9. The Kier molecular flexibility index (Phi) is 4.64. The molecule has 0 aliphatic carbocycles. The molecule has 2 aromatic heterocycles. The van der Waals surface area contributed by atoms with Crippen molar-refractivity contribution in [3.8, 4) is 10.4 Å². The molecular weight excluding hydrogens is 368 g/mol. The van der Waals surface area contributed by atoms with Gasteiger partial charge in [-0.1, -0.05) is 17.7 Å². The van der Waals surface area contributed by atoms with E-state index in [0.29, 0.717) is 6.42 Å². The van der Waals surface area contributed by atoms with Crippen molar-refractivity contribution < 1.29 is 8.42 Å². The molecule has 0 atom stereocenters. The minimum atomic E-state index is -3.84. The van der Waals surface area contributed by atoms with E-state index in [-0.39, 0.29) is 9.92 Å². The van der Waals surface area contributed by atoms with Crippen LogP contribution in [0.5, 0.6) is 0 Å². The Morgan fingerprint density at radius 3 is 2.71 bits per heavy atom. The summed E-state index contributed by atoms with van der Waals surface area (Å²) in [5.41, 5.74) is 2.48. The summed E-state index contributed by atoms with van der Waals surface area (Å²) in [7, 11) is -3.84. The first-order valence-electron chi connectivity index (χ1n) is 6.88. The maximum Gasteiger partial charge on any atom is 0.239 e. The lowest BCUT2D eigenvalue weighted by Gasteiger charge is -2.04. The molecule has 0 saturated carbocycles. The van der Waals surface area contributed by atoms with Crippen molar-refractivity contribution in [1.82, 2.24) is 15.0 Å². The van der Waals surface area contributed by atoms with Gasteiger partial charge in [0.1, 0.15) is 4.90 Å². The quantitative estimate of drug-likeness (QED) is 0.750. The van der Waals surface area contributed by atoms with E-state index in [1.54, 1.807) is 30.7 Å². The third-order valence-electron chi connectivity index (χ3n) is 3.29. The monoisotopic (exact) mass is 380 g/mol. The highest BCUT2D eigenvalue weighted by Crippen LogP contribution is 2.34. The molecule has 0 bridgehead atoms. The molecule has 0 spiro atoms. The van der Waals surface area contributed by atoms with E-state index in [9.17, 15) is 8.42 Å². The SMILES string of the molecule is Cc1nc(Cc2cnccn2)sc1-c1ccc(S(N)(=O)=O)c(Cl)c1. The first-order chi connectivity index (χ1) is 11.3. The van der Waals surface area contributed by atoms with Crippen LogP contribution >= 0.6 is 22.9 Å². The highest BCUT2D eigenvalue weighted by Gasteiger charge is 2.16. The number of sulfonamides is 1. The van der Waals surface area contributed by atoms with Crippen molar-refractivity contribution in [1.29, 1.82) is 0 Å². The summed E-state index contributed by atoms with van der Waals surface area (Å²) in [6.07, 6.45) is 5.55. The highest BCUT2D eigenvalue weighted by molar-refractivity contribution is 7.89. The molecule has 2 N–H and O–H groups in total. The predicted octanol–water partition coefficient (Wildman–Crippen LogP) is 2.80. The van der Waals surface area contributed by atoms with Crippen molar-refractivity contribution >= 4 is 33.0 Å². The molecular formula is C15H13ClN4O2S2. The molecule has 1 aromatic carbocycles. The van der Waals surface area contributed by atoms with Gasteiger partial charge in [0.15, 0.2) is 0 Å². The van der Waals surface area contributed by atoms with Gasteiger partial charge in [-0.05, 0) is 24.6 Å². The standard InChI is InChI=1S/C15H13ClN4O2S2/c1-9-15(10-2-3-13(12(16)6-10)24(17,21)22)23-14(20-9)7-11-8-18-4-5-19-11/h2-6,8H,7H2,1H3,(H2,17,21,22). The van der Waals surface area contributed by atoms with Crippen molar-refractivity contribution in [3.05, 3.63) is 58.2 Å². The average molecular weight is 381 g/mol. The molecule has 3 aromatic rings. The summed E-state index contributed by atoms with van der Waals surface area (Å²) in [5.74, 6) is 0. The zero-order chi connectivity index (χ0) is 17.3. The molecule has 9 heteroatoms. The number of nitrogens with zero attached hydrogens (tertiary/aromatic N) is 3. The maximum atomic E-state index is 11.4. The van der Waals surface area contributed by atoms with Crippen molar-refractivity contribution in [3.63, 3.8) is 0 Å². The smallest absolute Gasteiger partial charge is 0.239 e. The fraction of sp³-hybridized carbons (Fsp3) is 0.133. The van der Waals surface area contributed by atoms with Crippen molar-refractivity contribution in [2.24, 2.45) is 5.14 Å². The number of hydrogen-bond donors (Lipinski definition) is 1. The van der Waals surface area contributed by atoms with E-state index in [4.69, 9.17) is 16.7 Å². The van der Waals surface area contributed by atoms with Crippen LogP contribution in [-0.2, 0) is 16.4 Å². The second-order valence-corrected chi connectivity index (χ2v) is 8.11. The zero-order valence-electron chi connectivity index (χ0n) is 12.6. The van der Waals surface area contributed by atoms with Crippen LogP contribution in [0.2, 0.25) is 5.02 Å². The third-order valence-corrected chi connectivity index (χ3v) is 5.89. The van der Waals surface area contributed by atoms with E-state index in [1.165, 1.54) is 17.4 Å². The minimum Gasteiger partial charge on any atom is -0.261 e. The average Bonchev–Trinajstić information content (AvgIpc) is 2.87. The first kappa shape index (κ1) is 17.0. The number of halogens is 1. The second kappa shape index (κ2) is 6.56. The van der Waals surface area contributed by atoms with E-state index in [1.807, 2.05) is 6.92 Å². The molecule has 0 fully saturated rings. The fourth-order valence-electron chi connectivity index (χ4n) is 2.24. The Hall–Kier alpha value is -1.87. The minimum absolute atomic E-state index is 0.0881. The Labute approximate surface area is 148 Å². The molecule has 0 unspecified atom stereocenters. The number of aryl methyl sites for hydroxylation is 1. The van der Waals surface area contributed by atoms with Gasteiger partial charge >= 0.3 is 0 Å². The molecule has 3 rings (SSSR count). The number of aromatic nitrogens is 3. The number of hydrogen-bond acceptors (Lipinski definition) is 6. The molecule has 0 radical (unpaired) electrons. The Morgan fingerprint density at radius 2 is 2.08 bits per heavy atom.